The maximum absolute atomic E-state index is 3.35. The summed E-state index contributed by atoms with van der Waals surface area (Å²) in [6, 6.07) is 0. The summed E-state index contributed by atoms with van der Waals surface area (Å²) in [5.41, 5.74) is 0. The fourth-order valence-corrected chi connectivity index (χ4v) is 2.91. The van der Waals surface area contributed by atoms with Crippen LogP contribution in [0, 0.1) is 17.8 Å². The van der Waals surface area contributed by atoms with E-state index in [1.807, 2.05) is 0 Å². The van der Waals surface area contributed by atoms with Gasteiger partial charge in [-0.2, -0.15) is 0 Å². The average Bonchev–Trinajstić information content (AvgIpc) is 2.39. The van der Waals surface area contributed by atoms with Gasteiger partial charge in [-0.3, -0.25) is 0 Å². The van der Waals surface area contributed by atoms with Crippen LogP contribution >= 0.6 is 0 Å². The molecule has 1 aliphatic carbocycles. The topological polar surface area (TPSA) is 0 Å². The summed E-state index contributed by atoms with van der Waals surface area (Å²) in [6.07, 6.45) is 19.3. The first-order chi connectivity index (χ1) is 8.93. The molecule has 1 atom stereocenters. The lowest BCUT2D eigenvalue weighted by Gasteiger charge is -2.14. The molecule has 0 aromatic rings. The SMILES string of the molecule is CCC1CCCCC#CCCCCCCCCC1. The predicted octanol–water partition coefficient (Wildman–Crippen LogP) is 6.10. The van der Waals surface area contributed by atoms with Crippen LogP contribution in [0.1, 0.15) is 96.8 Å². The van der Waals surface area contributed by atoms with Gasteiger partial charge < -0.3 is 0 Å². The van der Waals surface area contributed by atoms with Gasteiger partial charge in [0.25, 0.3) is 0 Å². The van der Waals surface area contributed by atoms with Crippen LogP contribution < -0.4 is 0 Å². The van der Waals surface area contributed by atoms with E-state index in [4.69, 9.17) is 0 Å². The van der Waals surface area contributed by atoms with E-state index in [-0.39, 0.29) is 0 Å². The predicted molar refractivity (Wildman–Crippen MR) is 81.6 cm³/mol. The van der Waals surface area contributed by atoms with Crippen LogP contribution in [0.3, 0.4) is 0 Å². The van der Waals surface area contributed by atoms with Gasteiger partial charge >= 0.3 is 0 Å². The second-order valence-electron chi connectivity index (χ2n) is 5.89. The summed E-state index contributed by atoms with van der Waals surface area (Å²) in [5, 5.41) is 0. The molecule has 0 saturated heterocycles. The Kier molecular flexibility index (Phi) is 10.1. The maximum atomic E-state index is 3.35. The second-order valence-corrected chi connectivity index (χ2v) is 5.89. The second kappa shape index (κ2) is 11.6. The Hall–Kier alpha value is -0.440. The number of rotatable bonds is 1. The molecule has 0 amide bonds. The van der Waals surface area contributed by atoms with E-state index >= 15 is 0 Å². The summed E-state index contributed by atoms with van der Waals surface area (Å²) >= 11 is 0. The van der Waals surface area contributed by atoms with Crippen molar-refractivity contribution in [2.45, 2.75) is 96.8 Å². The molecule has 0 N–H and O–H groups in total. The molecule has 0 spiro atoms. The fourth-order valence-electron chi connectivity index (χ4n) is 2.91. The summed E-state index contributed by atoms with van der Waals surface area (Å²) in [5.74, 6) is 7.68. The molecule has 0 bridgehead atoms. The zero-order valence-electron chi connectivity index (χ0n) is 12.5. The zero-order valence-corrected chi connectivity index (χ0v) is 12.5. The van der Waals surface area contributed by atoms with Crippen LogP contribution in [0.15, 0.2) is 0 Å². The summed E-state index contributed by atoms with van der Waals surface area (Å²) in [7, 11) is 0. The molecule has 0 aromatic heterocycles. The molecule has 0 heteroatoms. The first-order valence-corrected chi connectivity index (χ1v) is 8.39. The van der Waals surface area contributed by atoms with Crippen molar-refractivity contribution in [3.8, 4) is 11.8 Å². The smallest absolute Gasteiger partial charge is 0.00886 e. The standard InChI is InChI=1S/C18H32/c1-2-18-16-14-12-10-8-6-4-3-5-7-9-11-13-15-17-18/h18H,2-6,8,10-17H2,1H3. The minimum absolute atomic E-state index is 0.992. The van der Waals surface area contributed by atoms with Crippen LogP contribution in [-0.4, -0.2) is 0 Å². The van der Waals surface area contributed by atoms with E-state index < -0.39 is 0 Å². The Labute approximate surface area is 115 Å². The van der Waals surface area contributed by atoms with Crippen molar-refractivity contribution in [3.63, 3.8) is 0 Å². The van der Waals surface area contributed by atoms with Gasteiger partial charge in [0, 0.05) is 12.8 Å². The molecular formula is C18H32. The average molecular weight is 248 g/mol. The van der Waals surface area contributed by atoms with Gasteiger partial charge in [0.05, 0.1) is 0 Å². The lowest BCUT2D eigenvalue weighted by molar-refractivity contribution is 0.397. The first-order valence-electron chi connectivity index (χ1n) is 8.39. The summed E-state index contributed by atoms with van der Waals surface area (Å²) < 4.78 is 0. The normalized spacial score (nSPS) is 25.1. The molecule has 1 unspecified atom stereocenters. The van der Waals surface area contributed by atoms with Crippen molar-refractivity contribution >= 4 is 0 Å². The van der Waals surface area contributed by atoms with Gasteiger partial charge in [0.1, 0.15) is 0 Å². The Morgan fingerprint density at radius 1 is 0.667 bits per heavy atom. The Morgan fingerprint density at radius 3 is 1.72 bits per heavy atom. The van der Waals surface area contributed by atoms with Crippen LogP contribution in [-0.2, 0) is 0 Å². The largest absolute Gasteiger partial charge is 0.103 e. The Morgan fingerprint density at radius 2 is 1.11 bits per heavy atom. The Balaban J connectivity index is 2.24. The minimum atomic E-state index is 0.992. The third-order valence-corrected chi connectivity index (χ3v) is 4.28. The van der Waals surface area contributed by atoms with E-state index in [2.05, 4.69) is 18.8 Å². The van der Waals surface area contributed by atoms with E-state index in [1.54, 1.807) is 0 Å². The van der Waals surface area contributed by atoms with E-state index in [0.717, 1.165) is 18.8 Å². The van der Waals surface area contributed by atoms with Gasteiger partial charge in [-0.15, -0.1) is 11.8 Å². The lowest BCUT2D eigenvalue weighted by Crippen LogP contribution is -1.99. The highest BCUT2D eigenvalue weighted by Gasteiger charge is 2.05. The van der Waals surface area contributed by atoms with Gasteiger partial charge in [-0.25, -0.2) is 0 Å². The van der Waals surface area contributed by atoms with Crippen molar-refractivity contribution in [2.75, 3.05) is 0 Å². The molecule has 0 fully saturated rings. The van der Waals surface area contributed by atoms with Crippen molar-refractivity contribution in [1.82, 2.24) is 0 Å². The first kappa shape index (κ1) is 15.6. The highest BCUT2D eigenvalue weighted by atomic mass is 14.1. The highest BCUT2D eigenvalue weighted by Crippen LogP contribution is 2.21. The Bertz CT molecular complexity index is 230. The van der Waals surface area contributed by atoms with E-state index in [1.165, 1.54) is 77.0 Å². The van der Waals surface area contributed by atoms with Crippen LogP contribution in [0.25, 0.3) is 0 Å². The molecule has 104 valence electrons. The van der Waals surface area contributed by atoms with Crippen molar-refractivity contribution in [3.05, 3.63) is 0 Å². The molecule has 0 nitrogen and oxygen atoms in total. The van der Waals surface area contributed by atoms with Crippen LogP contribution in [0.4, 0.5) is 0 Å². The monoisotopic (exact) mass is 248 g/mol. The van der Waals surface area contributed by atoms with E-state index in [9.17, 15) is 0 Å². The van der Waals surface area contributed by atoms with E-state index in [0.29, 0.717) is 0 Å². The molecule has 0 saturated carbocycles. The molecule has 1 rings (SSSR count). The van der Waals surface area contributed by atoms with Gasteiger partial charge in [-0.05, 0) is 18.8 Å². The maximum Gasteiger partial charge on any atom is 0.00886 e. The number of hydrogen-bond acceptors (Lipinski definition) is 0. The van der Waals surface area contributed by atoms with Crippen molar-refractivity contribution < 1.29 is 0 Å². The van der Waals surface area contributed by atoms with Crippen LogP contribution in [0.2, 0.25) is 0 Å². The summed E-state index contributed by atoms with van der Waals surface area (Å²) in [6.45, 7) is 2.36. The van der Waals surface area contributed by atoms with Gasteiger partial charge in [0.2, 0.25) is 0 Å². The lowest BCUT2D eigenvalue weighted by atomic mass is 9.92. The van der Waals surface area contributed by atoms with Crippen molar-refractivity contribution in [1.29, 1.82) is 0 Å². The molecule has 0 radical (unpaired) electrons. The number of hydrogen-bond donors (Lipinski definition) is 0. The van der Waals surface area contributed by atoms with Gasteiger partial charge in [-0.1, -0.05) is 71.1 Å². The highest BCUT2D eigenvalue weighted by molar-refractivity contribution is 4.98. The third-order valence-electron chi connectivity index (χ3n) is 4.28. The van der Waals surface area contributed by atoms with Crippen molar-refractivity contribution in [2.24, 2.45) is 5.92 Å². The molecule has 0 aromatic carbocycles. The molecule has 1 aliphatic rings. The fraction of sp³-hybridized carbons (Fsp3) is 0.889. The summed E-state index contributed by atoms with van der Waals surface area (Å²) in [4.78, 5) is 0. The molecule has 0 aliphatic heterocycles. The van der Waals surface area contributed by atoms with Gasteiger partial charge in [0.15, 0.2) is 0 Å². The van der Waals surface area contributed by atoms with Crippen LogP contribution in [0.5, 0.6) is 0 Å². The minimum Gasteiger partial charge on any atom is -0.103 e. The molecular weight excluding hydrogens is 216 g/mol. The zero-order chi connectivity index (χ0) is 12.9. The third kappa shape index (κ3) is 8.62. The quantitative estimate of drug-likeness (QED) is 0.492. The molecule has 18 heavy (non-hydrogen) atoms. The molecule has 0 heterocycles.